The number of phenolic OH excluding ortho intramolecular Hbond substituents is 1. The fourth-order valence-electron chi connectivity index (χ4n) is 1.99. The lowest BCUT2D eigenvalue weighted by molar-refractivity contribution is 0.0689. The van der Waals surface area contributed by atoms with Gasteiger partial charge in [-0.2, -0.15) is 5.10 Å². The zero-order chi connectivity index (χ0) is 15.7. The summed E-state index contributed by atoms with van der Waals surface area (Å²) in [5.74, 6) is -1.05. The van der Waals surface area contributed by atoms with Crippen LogP contribution in [0.1, 0.15) is 10.5 Å². The smallest absolute Gasteiger partial charge is 0.356 e. The molecule has 0 amide bonds. The predicted molar refractivity (Wildman–Crippen MR) is 75.4 cm³/mol. The van der Waals surface area contributed by atoms with Crippen LogP contribution in [0.2, 0.25) is 5.02 Å². The van der Waals surface area contributed by atoms with Gasteiger partial charge in [-0.05, 0) is 6.07 Å². The SMILES string of the molecule is COc1cc(Cl)c(-c2cc(C(=O)O)nn2C)c(O)c1OC. The van der Waals surface area contributed by atoms with Crippen molar-refractivity contribution in [1.29, 1.82) is 0 Å². The van der Waals surface area contributed by atoms with Gasteiger partial charge in [0.25, 0.3) is 0 Å². The Morgan fingerprint density at radius 2 is 2.00 bits per heavy atom. The molecular formula is C13H13ClN2O5. The zero-order valence-electron chi connectivity index (χ0n) is 11.5. The van der Waals surface area contributed by atoms with E-state index in [4.69, 9.17) is 26.2 Å². The van der Waals surface area contributed by atoms with Crippen molar-refractivity contribution in [3.05, 3.63) is 22.8 Å². The maximum absolute atomic E-state index is 11.0. The number of carboxylic acids is 1. The number of phenols is 1. The van der Waals surface area contributed by atoms with Gasteiger partial charge in [-0.15, -0.1) is 0 Å². The Kier molecular flexibility index (Phi) is 3.95. The number of aromatic carboxylic acids is 1. The first kappa shape index (κ1) is 15.0. The Labute approximate surface area is 125 Å². The second kappa shape index (κ2) is 5.53. The van der Waals surface area contributed by atoms with Crippen LogP contribution < -0.4 is 9.47 Å². The number of ether oxygens (including phenoxy) is 2. The van der Waals surface area contributed by atoms with E-state index in [0.29, 0.717) is 5.69 Å². The number of halogens is 1. The van der Waals surface area contributed by atoms with Crippen molar-refractivity contribution in [2.45, 2.75) is 0 Å². The molecule has 0 fully saturated rings. The number of rotatable bonds is 4. The Hall–Kier alpha value is -2.41. The number of methoxy groups -OCH3 is 2. The molecule has 2 N–H and O–H groups in total. The number of aromatic nitrogens is 2. The molecule has 0 unspecified atom stereocenters. The molecule has 112 valence electrons. The average Bonchev–Trinajstić information content (AvgIpc) is 2.80. The second-order valence-corrected chi connectivity index (χ2v) is 4.57. The summed E-state index contributed by atoms with van der Waals surface area (Å²) in [6, 6.07) is 2.79. The van der Waals surface area contributed by atoms with Gasteiger partial charge in [0.2, 0.25) is 5.75 Å². The van der Waals surface area contributed by atoms with E-state index >= 15 is 0 Å². The third-order valence-electron chi connectivity index (χ3n) is 2.95. The van der Waals surface area contributed by atoms with Gasteiger partial charge in [-0.25, -0.2) is 4.79 Å². The Morgan fingerprint density at radius 3 is 2.48 bits per heavy atom. The van der Waals surface area contributed by atoms with Gasteiger partial charge in [0.1, 0.15) is 0 Å². The van der Waals surface area contributed by atoms with Crippen molar-refractivity contribution in [3.63, 3.8) is 0 Å². The number of benzene rings is 1. The van der Waals surface area contributed by atoms with Crippen LogP contribution >= 0.6 is 11.6 Å². The molecule has 0 aliphatic carbocycles. The molecule has 0 radical (unpaired) electrons. The van der Waals surface area contributed by atoms with E-state index in [9.17, 15) is 9.90 Å². The van der Waals surface area contributed by atoms with Crippen LogP contribution in [0.25, 0.3) is 11.3 Å². The summed E-state index contributed by atoms with van der Waals surface area (Å²) in [5.41, 5.74) is 0.408. The van der Waals surface area contributed by atoms with Crippen LogP contribution in [0.4, 0.5) is 0 Å². The normalized spacial score (nSPS) is 10.5. The first-order chi connectivity index (χ1) is 9.90. The number of carbonyl (C=O) groups is 1. The highest BCUT2D eigenvalue weighted by Gasteiger charge is 2.23. The maximum atomic E-state index is 11.0. The van der Waals surface area contributed by atoms with E-state index < -0.39 is 5.97 Å². The minimum absolute atomic E-state index is 0.106. The minimum atomic E-state index is -1.17. The van der Waals surface area contributed by atoms with Gasteiger partial charge >= 0.3 is 5.97 Å². The Morgan fingerprint density at radius 1 is 1.33 bits per heavy atom. The van der Waals surface area contributed by atoms with Gasteiger partial charge < -0.3 is 19.7 Å². The van der Waals surface area contributed by atoms with Crippen LogP contribution in [0.3, 0.4) is 0 Å². The maximum Gasteiger partial charge on any atom is 0.356 e. The van der Waals surface area contributed by atoms with Crippen molar-refractivity contribution in [2.75, 3.05) is 14.2 Å². The summed E-state index contributed by atoms with van der Waals surface area (Å²) >= 11 is 6.15. The van der Waals surface area contributed by atoms with Gasteiger partial charge in [0, 0.05) is 13.1 Å². The van der Waals surface area contributed by atoms with E-state index in [1.807, 2.05) is 0 Å². The lowest BCUT2D eigenvalue weighted by Gasteiger charge is -2.14. The van der Waals surface area contributed by atoms with Crippen LogP contribution in [0.5, 0.6) is 17.2 Å². The van der Waals surface area contributed by atoms with Gasteiger partial charge in [0.05, 0.1) is 30.5 Å². The number of carboxylic acid groups (broad SMARTS) is 1. The average molecular weight is 313 g/mol. The van der Waals surface area contributed by atoms with Gasteiger partial charge in [0.15, 0.2) is 17.2 Å². The van der Waals surface area contributed by atoms with E-state index in [0.717, 1.165) is 0 Å². The van der Waals surface area contributed by atoms with Crippen molar-refractivity contribution in [2.24, 2.45) is 7.05 Å². The molecule has 0 aliphatic rings. The lowest BCUT2D eigenvalue weighted by atomic mass is 10.1. The molecule has 8 heteroatoms. The monoisotopic (exact) mass is 312 g/mol. The topological polar surface area (TPSA) is 93.8 Å². The van der Waals surface area contributed by atoms with Crippen LogP contribution in [-0.2, 0) is 7.05 Å². The molecule has 1 heterocycles. The van der Waals surface area contributed by atoms with Gasteiger partial charge in [-0.3, -0.25) is 4.68 Å². The fraction of sp³-hybridized carbons (Fsp3) is 0.231. The third kappa shape index (κ3) is 2.47. The number of hydrogen-bond acceptors (Lipinski definition) is 5. The molecule has 0 saturated carbocycles. The summed E-state index contributed by atoms with van der Waals surface area (Å²) < 4.78 is 11.5. The molecule has 1 aromatic carbocycles. The molecule has 0 saturated heterocycles. The quantitative estimate of drug-likeness (QED) is 0.898. The van der Waals surface area contributed by atoms with Crippen molar-refractivity contribution >= 4 is 17.6 Å². The van der Waals surface area contributed by atoms with E-state index in [1.165, 1.54) is 31.0 Å². The molecule has 2 aromatic rings. The number of aromatic hydroxyl groups is 1. The number of nitrogens with zero attached hydrogens (tertiary/aromatic N) is 2. The lowest BCUT2D eigenvalue weighted by Crippen LogP contribution is -2.00. The van der Waals surface area contributed by atoms with Crippen LogP contribution in [-0.4, -0.2) is 40.2 Å². The summed E-state index contributed by atoms with van der Waals surface area (Å²) in [6.45, 7) is 0. The largest absolute Gasteiger partial charge is 0.504 e. The van der Waals surface area contributed by atoms with Crippen molar-refractivity contribution < 1.29 is 24.5 Å². The number of aryl methyl sites for hydroxylation is 1. The molecule has 7 nitrogen and oxygen atoms in total. The van der Waals surface area contributed by atoms with E-state index in [1.54, 1.807) is 7.05 Å². The molecule has 21 heavy (non-hydrogen) atoms. The highest BCUT2D eigenvalue weighted by Crippen LogP contribution is 2.47. The second-order valence-electron chi connectivity index (χ2n) is 4.16. The van der Waals surface area contributed by atoms with Crippen molar-refractivity contribution in [3.8, 4) is 28.5 Å². The fourth-order valence-corrected chi connectivity index (χ4v) is 2.28. The summed E-state index contributed by atoms with van der Waals surface area (Å²) in [4.78, 5) is 11.0. The molecular weight excluding hydrogens is 300 g/mol. The molecule has 0 bridgehead atoms. The Bertz CT molecular complexity index is 711. The minimum Gasteiger partial charge on any atom is -0.504 e. The summed E-state index contributed by atoms with van der Waals surface area (Å²) in [6.07, 6.45) is 0. The first-order valence-electron chi connectivity index (χ1n) is 5.81. The zero-order valence-corrected chi connectivity index (χ0v) is 12.3. The molecule has 0 spiro atoms. The summed E-state index contributed by atoms with van der Waals surface area (Å²) in [7, 11) is 4.34. The molecule has 0 aliphatic heterocycles. The standard InChI is InChI=1S/C13H13ClN2O5/c1-16-8(5-7(15-16)13(18)19)10-6(14)4-9(20-2)12(21-3)11(10)17/h4-5,17H,1-3H3,(H,18,19). The van der Waals surface area contributed by atoms with E-state index in [-0.39, 0.29) is 33.5 Å². The van der Waals surface area contributed by atoms with Crippen molar-refractivity contribution in [1.82, 2.24) is 9.78 Å². The molecule has 1 aromatic heterocycles. The highest BCUT2D eigenvalue weighted by molar-refractivity contribution is 6.34. The van der Waals surface area contributed by atoms with E-state index in [2.05, 4.69) is 5.10 Å². The molecule has 0 atom stereocenters. The Balaban J connectivity index is 2.72. The predicted octanol–water partition coefficient (Wildman–Crippen LogP) is 2.16. The number of hydrogen-bond donors (Lipinski definition) is 2. The van der Waals surface area contributed by atoms with Gasteiger partial charge in [-0.1, -0.05) is 11.6 Å². The molecule has 2 rings (SSSR count). The third-order valence-corrected chi connectivity index (χ3v) is 3.25. The highest BCUT2D eigenvalue weighted by atomic mass is 35.5. The summed E-state index contributed by atoms with van der Waals surface area (Å²) in [5, 5.41) is 23.3. The van der Waals surface area contributed by atoms with Crippen LogP contribution in [0, 0.1) is 0 Å². The van der Waals surface area contributed by atoms with Crippen LogP contribution in [0.15, 0.2) is 12.1 Å². The first-order valence-corrected chi connectivity index (χ1v) is 6.19.